The number of nitro groups is 1. The second-order valence-corrected chi connectivity index (χ2v) is 5.93. The quantitative estimate of drug-likeness (QED) is 0.455. The average molecular weight is 345 g/mol. The van der Waals surface area contributed by atoms with E-state index in [9.17, 15) is 19.7 Å². The number of nitrogens with two attached hydrogens (primary N) is 1. The van der Waals surface area contributed by atoms with Crippen LogP contribution in [0.2, 0.25) is 0 Å². The first-order chi connectivity index (χ1) is 11.5. The zero-order valence-electron chi connectivity index (χ0n) is 12.6. The van der Waals surface area contributed by atoms with Gasteiger partial charge in [-0.3, -0.25) is 19.7 Å². The van der Waals surface area contributed by atoms with Gasteiger partial charge < -0.3 is 11.1 Å². The minimum absolute atomic E-state index is 0.0144. The molecule has 0 aliphatic heterocycles. The van der Waals surface area contributed by atoms with E-state index in [4.69, 9.17) is 5.73 Å². The van der Waals surface area contributed by atoms with E-state index in [0.717, 1.165) is 4.90 Å². The lowest BCUT2D eigenvalue weighted by Gasteiger charge is -2.10. The number of carbonyl (C=O) groups is 2. The van der Waals surface area contributed by atoms with Crippen LogP contribution in [0.3, 0.4) is 0 Å². The standard InChI is InChI=1S/C16H15N3O4S/c17-15(20)9-10-24-14-8-4-2-6-12(14)18-16(21)11-5-1-3-7-13(11)19(22)23/h1-8H,9-10H2,(H2,17,20)(H,18,21). The number of primary amides is 1. The Bertz CT molecular complexity index is 779. The third-order valence-electron chi connectivity index (χ3n) is 3.09. The van der Waals surface area contributed by atoms with Gasteiger partial charge in [0.15, 0.2) is 0 Å². The lowest BCUT2D eigenvalue weighted by Crippen LogP contribution is -2.14. The van der Waals surface area contributed by atoms with Crippen molar-refractivity contribution in [2.75, 3.05) is 11.1 Å². The van der Waals surface area contributed by atoms with Gasteiger partial charge in [-0.15, -0.1) is 11.8 Å². The highest BCUT2D eigenvalue weighted by molar-refractivity contribution is 7.99. The first-order valence-corrected chi connectivity index (χ1v) is 8.02. The second-order valence-electron chi connectivity index (χ2n) is 4.79. The predicted molar refractivity (Wildman–Crippen MR) is 92.0 cm³/mol. The van der Waals surface area contributed by atoms with E-state index in [-0.39, 0.29) is 17.7 Å². The van der Waals surface area contributed by atoms with Crippen molar-refractivity contribution in [1.29, 1.82) is 0 Å². The summed E-state index contributed by atoms with van der Waals surface area (Å²) in [5, 5.41) is 13.7. The molecule has 0 aliphatic rings. The van der Waals surface area contributed by atoms with Crippen molar-refractivity contribution in [2.45, 2.75) is 11.3 Å². The summed E-state index contributed by atoms with van der Waals surface area (Å²) in [5.41, 5.74) is 5.36. The molecule has 124 valence electrons. The zero-order valence-corrected chi connectivity index (χ0v) is 13.4. The summed E-state index contributed by atoms with van der Waals surface area (Å²) in [6, 6.07) is 12.8. The summed E-state index contributed by atoms with van der Waals surface area (Å²) in [7, 11) is 0. The Morgan fingerprint density at radius 1 is 1.12 bits per heavy atom. The minimum Gasteiger partial charge on any atom is -0.370 e. The van der Waals surface area contributed by atoms with Gasteiger partial charge in [0.1, 0.15) is 5.56 Å². The Kier molecular flexibility index (Phi) is 5.91. The van der Waals surface area contributed by atoms with Crippen molar-refractivity contribution >= 4 is 35.0 Å². The number of hydrogen-bond donors (Lipinski definition) is 2. The number of anilines is 1. The molecule has 0 fully saturated rings. The molecular weight excluding hydrogens is 330 g/mol. The number of amides is 2. The van der Waals surface area contributed by atoms with Crippen LogP contribution in [0.4, 0.5) is 11.4 Å². The molecule has 0 spiro atoms. The first-order valence-electron chi connectivity index (χ1n) is 7.04. The van der Waals surface area contributed by atoms with Crippen LogP contribution in [0.15, 0.2) is 53.4 Å². The van der Waals surface area contributed by atoms with Gasteiger partial charge in [-0.05, 0) is 18.2 Å². The number of carbonyl (C=O) groups excluding carboxylic acids is 2. The fourth-order valence-electron chi connectivity index (χ4n) is 1.97. The molecule has 0 atom stereocenters. The van der Waals surface area contributed by atoms with Crippen molar-refractivity contribution < 1.29 is 14.5 Å². The molecule has 7 nitrogen and oxygen atoms in total. The fourth-order valence-corrected chi connectivity index (χ4v) is 2.94. The molecule has 0 unspecified atom stereocenters. The number of rotatable bonds is 7. The summed E-state index contributed by atoms with van der Waals surface area (Å²) in [6.07, 6.45) is 0.219. The van der Waals surface area contributed by atoms with E-state index < -0.39 is 16.7 Å². The summed E-state index contributed by atoms with van der Waals surface area (Å²) in [5.74, 6) is -0.484. The van der Waals surface area contributed by atoms with Crippen LogP contribution in [0.25, 0.3) is 0 Å². The molecule has 0 radical (unpaired) electrons. The zero-order chi connectivity index (χ0) is 17.5. The molecule has 2 rings (SSSR count). The SMILES string of the molecule is NC(=O)CCSc1ccccc1NC(=O)c1ccccc1[N+](=O)[O-]. The minimum atomic E-state index is -0.595. The highest BCUT2D eigenvalue weighted by Crippen LogP contribution is 2.28. The molecule has 0 bridgehead atoms. The largest absolute Gasteiger partial charge is 0.370 e. The van der Waals surface area contributed by atoms with E-state index in [1.54, 1.807) is 30.3 Å². The fraction of sp³-hybridized carbons (Fsp3) is 0.125. The van der Waals surface area contributed by atoms with E-state index in [1.807, 2.05) is 0 Å². The molecule has 2 aromatic rings. The van der Waals surface area contributed by atoms with Crippen LogP contribution in [-0.4, -0.2) is 22.5 Å². The lowest BCUT2D eigenvalue weighted by molar-refractivity contribution is -0.385. The molecule has 0 aromatic heterocycles. The van der Waals surface area contributed by atoms with Gasteiger partial charge in [-0.2, -0.15) is 0 Å². The monoisotopic (exact) mass is 345 g/mol. The van der Waals surface area contributed by atoms with Gasteiger partial charge in [-0.25, -0.2) is 0 Å². The Balaban J connectivity index is 2.18. The summed E-state index contributed by atoms with van der Waals surface area (Å²) in [6.45, 7) is 0. The highest BCUT2D eigenvalue weighted by atomic mass is 32.2. The Hall–Kier alpha value is -2.87. The highest BCUT2D eigenvalue weighted by Gasteiger charge is 2.19. The van der Waals surface area contributed by atoms with Crippen molar-refractivity contribution in [3.63, 3.8) is 0 Å². The lowest BCUT2D eigenvalue weighted by atomic mass is 10.1. The van der Waals surface area contributed by atoms with Crippen molar-refractivity contribution in [3.05, 3.63) is 64.2 Å². The Labute approximate surface area is 142 Å². The molecule has 0 heterocycles. The smallest absolute Gasteiger partial charge is 0.282 e. The first kappa shape index (κ1) is 17.5. The molecule has 0 saturated carbocycles. The van der Waals surface area contributed by atoms with E-state index >= 15 is 0 Å². The number of para-hydroxylation sites is 2. The molecule has 3 N–H and O–H groups in total. The van der Waals surface area contributed by atoms with Crippen LogP contribution in [0, 0.1) is 10.1 Å². The van der Waals surface area contributed by atoms with Gasteiger partial charge >= 0.3 is 0 Å². The number of nitrogens with zero attached hydrogens (tertiary/aromatic N) is 1. The molecule has 0 saturated heterocycles. The summed E-state index contributed by atoms with van der Waals surface area (Å²) >= 11 is 1.37. The van der Waals surface area contributed by atoms with Gasteiger partial charge in [0.25, 0.3) is 11.6 Å². The summed E-state index contributed by atoms with van der Waals surface area (Å²) in [4.78, 5) is 34.4. The average Bonchev–Trinajstić information content (AvgIpc) is 2.56. The maximum absolute atomic E-state index is 12.4. The number of nitro benzene ring substituents is 1. The molecule has 8 heteroatoms. The van der Waals surface area contributed by atoms with Gasteiger partial charge in [0.05, 0.1) is 10.6 Å². The van der Waals surface area contributed by atoms with Crippen molar-refractivity contribution in [3.8, 4) is 0 Å². The van der Waals surface area contributed by atoms with E-state index in [1.165, 1.54) is 30.0 Å². The van der Waals surface area contributed by atoms with Crippen LogP contribution >= 0.6 is 11.8 Å². The maximum Gasteiger partial charge on any atom is 0.282 e. The van der Waals surface area contributed by atoms with Crippen LogP contribution in [-0.2, 0) is 4.79 Å². The van der Waals surface area contributed by atoms with E-state index in [2.05, 4.69) is 5.32 Å². The third kappa shape index (κ3) is 4.56. The number of hydrogen-bond acceptors (Lipinski definition) is 5. The van der Waals surface area contributed by atoms with Crippen molar-refractivity contribution in [2.24, 2.45) is 5.73 Å². The van der Waals surface area contributed by atoms with Crippen molar-refractivity contribution in [1.82, 2.24) is 0 Å². The number of benzene rings is 2. The van der Waals surface area contributed by atoms with Crippen LogP contribution in [0.5, 0.6) is 0 Å². The number of thioether (sulfide) groups is 1. The summed E-state index contributed by atoms with van der Waals surface area (Å²) < 4.78 is 0. The number of nitrogens with one attached hydrogen (secondary N) is 1. The molecule has 2 aromatic carbocycles. The molecule has 2 amide bonds. The maximum atomic E-state index is 12.4. The molecular formula is C16H15N3O4S. The Morgan fingerprint density at radius 2 is 1.79 bits per heavy atom. The third-order valence-corrected chi connectivity index (χ3v) is 4.16. The normalized spacial score (nSPS) is 10.2. The second kappa shape index (κ2) is 8.11. The van der Waals surface area contributed by atoms with Gasteiger partial charge in [-0.1, -0.05) is 24.3 Å². The van der Waals surface area contributed by atoms with Crippen LogP contribution in [0.1, 0.15) is 16.8 Å². The topological polar surface area (TPSA) is 115 Å². The van der Waals surface area contributed by atoms with Crippen LogP contribution < -0.4 is 11.1 Å². The van der Waals surface area contributed by atoms with Gasteiger partial charge in [0.2, 0.25) is 5.91 Å². The van der Waals surface area contributed by atoms with E-state index in [0.29, 0.717) is 11.4 Å². The molecule has 24 heavy (non-hydrogen) atoms. The molecule has 0 aliphatic carbocycles. The van der Waals surface area contributed by atoms with Gasteiger partial charge in [0, 0.05) is 23.1 Å². The Morgan fingerprint density at radius 3 is 2.50 bits per heavy atom. The predicted octanol–water partition coefficient (Wildman–Crippen LogP) is 2.81.